The summed E-state index contributed by atoms with van der Waals surface area (Å²) in [6, 6.07) is 0.719. The Bertz CT molecular complexity index is 187. The molecule has 2 fully saturated rings. The number of nitrogens with zero attached hydrogens (tertiary/aromatic N) is 1. The smallest absolute Gasteiger partial charge is 0.0107 e. The zero-order valence-electron chi connectivity index (χ0n) is 9.68. The van der Waals surface area contributed by atoms with Crippen molar-refractivity contribution < 1.29 is 0 Å². The van der Waals surface area contributed by atoms with Crippen LogP contribution in [0.3, 0.4) is 0 Å². The Morgan fingerprint density at radius 2 is 2.14 bits per heavy atom. The van der Waals surface area contributed by atoms with Gasteiger partial charge in [0.05, 0.1) is 0 Å². The Balaban J connectivity index is 1.80. The van der Waals surface area contributed by atoms with Crippen LogP contribution in [0.5, 0.6) is 0 Å². The molecular weight excluding hydrogens is 172 g/mol. The molecule has 0 aromatic heterocycles. The lowest BCUT2D eigenvalue weighted by Gasteiger charge is -2.25. The van der Waals surface area contributed by atoms with Gasteiger partial charge in [0.25, 0.3) is 0 Å². The molecule has 0 aromatic carbocycles. The van der Waals surface area contributed by atoms with E-state index in [0.717, 1.165) is 11.5 Å². The van der Waals surface area contributed by atoms with Gasteiger partial charge in [-0.15, -0.1) is 0 Å². The van der Waals surface area contributed by atoms with Gasteiger partial charge in [0.1, 0.15) is 0 Å². The van der Waals surface area contributed by atoms with E-state index in [1.807, 2.05) is 0 Å². The minimum absolute atomic E-state index is 0.719. The number of hydrogen-bond donors (Lipinski definition) is 1. The van der Waals surface area contributed by atoms with Gasteiger partial charge in [0, 0.05) is 25.7 Å². The SMILES string of the molecule is CCC1(CN2CCNC(C)CC2)CC1. The van der Waals surface area contributed by atoms with Crippen molar-refractivity contribution in [2.45, 2.75) is 45.6 Å². The van der Waals surface area contributed by atoms with Crippen LogP contribution in [0.1, 0.15) is 39.5 Å². The van der Waals surface area contributed by atoms with Crippen molar-refractivity contribution in [1.82, 2.24) is 10.2 Å². The molecular formula is C12H24N2. The molecule has 1 atom stereocenters. The highest BCUT2D eigenvalue weighted by molar-refractivity contribution is 4.94. The summed E-state index contributed by atoms with van der Waals surface area (Å²) in [5.41, 5.74) is 0.730. The zero-order valence-corrected chi connectivity index (χ0v) is 9.68. The molecule has 2 heteroatoms. The topological polar surface area (TPSA) is 15.3 Å². The lowest BCUT2D eigenvalue weighted by atomic mass is 10.0. The van der Waals surface area contributed by atoms with Crippen molar-refractivity contribution in [2.24, 2.45) is 5.41 Å². The van der Waals surface area contributed by atoms with Gasteiger partial charge < -0.3 is 10.2 Å². The van der Waals surface area contributed by atoms with E-state index in [-0.39, 0.29) is 0 Å². The molecule has 2 aliphatic rings. The highest BCUT2D eigenvalue weighted by Crippen LogP contribution is 2.49. The Kier molecular flexibility index (Phi) is 3.13. The Labute approximate surface area is 88.1 Å². The normalized spacial score (nSPS) is 32.6. The minimum atomic E-state index is 0.719. The fourth-order valence-electron chi connectivity index (χ4n) is 2.49. The van der Waals surface area contributed by atoms with E-state index in [1.165, 1.54) is 51.9 Å². The first-order valence-corrected chi connectivity index (χ1v) is 6.20. The van der Waals surface area contributed by atoms with Crippen molar-refractivity contribution >= 4 is 0 Å². The molecule has 0 bridgehead atoms. The molecule has 2 rings (SSSR count). The van der Waals surface area contributed by atoms with E-state index in [1.54, 1.807) is 0 Å². The van der Waals surface area contributed by atoms with Gasteiger partial charge in [-0.05, 0) is 44.6 Å². The Morgan fingerprint density at radius 1 is 1.36 bits per heavy atom. The third-order valence-electron chi connectivity index (χ3n) is 4.07. The molecule has 14 heavy (non-hydrogen) atoms. The van der Waals surface area contributed by atoms with Crippen LogP contribution in [0.15, 0.2) is 0 Å². The van der Waals surface area contributed by atoms with Crippen molar-refractivity contribution in [2.75, 3.05) is 26.2 Å². The molecule has 0 amide bonds. The summed E-state index contributed by atoms with van der Waals surface area (Å²) in [5.74, 6) is 0. The fraction of sp³-hybridized carbons (Fsp3) is 1.00. The van der Waals surface area contributed by atoms with Crippen LogP contribution >= 0.6 is 0 Å². The maximum Gasteiger partial charge on any atom is 0.0107 e. The first-order valence-electron chi connectivity index (χ1n) is 6.20. The standard InChI is InChI=1S/C12H24N2/c1-3-12(5-6-12)10-14-8-4-11(2)13-7-9-14/h11,13H,3-10H2,1-2H3. The number of nitrogens with one attached hydrogen (secondary N) is 1. The summed E-state index contributed by atoms with van der Waals surface area (Å²) in [7, 11) is 0. The summed E-state index contributed by atoms with van der Waals surface area (Å²) >= 11 is 0. The second kappa shape index (κ2) is 4.19. The average Bonchev–Trinajstić information content (AvgIpc) is 2.95. The molecule has 0 aromatic rings. The summed E-state index contributed by atoms with van der Waals surface area (Å²) in [6.07, 6.45) is 5.65. The molecule has 2 nitrogen and oxygen atoms in total. The predicted molar refractivity (Wildman–Crippen MR) is 60.5 cm³/mol. The Hall–Kier alpha value is -0.0800. The second-order valence-electron chi connectivity index (χ2n) is 5.27. The van der Waals surface area contributed by atoms with E-state index in [4.69, 9.17) is 0 Å². The predicted octanol–water partition coefficient (Wildman–Crippen LogP) is 1.86. The molecule has 1 saturated heterocycles. The van der Waals surface area contributed by atoms with Gasteiger partial charge in [-0.25, -0.2) is 0 Å². The highest BCUT2D eigenvalue weighted by atomic mass is 15.2. The summed E-state index contributed by atoms with van der Waals surface area (Å²) < 4.78 is 0. The molecule has 1 saturated carbocycles. The van der Waals surface area contributed by atoms with Gasteiger partial charge in [0.15, 0.2) is 0 Å². The van der Waals surface area contributed by atoms with E-state index in [2.05, 4.69) is 24.1 Å². The lowest BCUT2D eigenvalue weighted by Crippen LogP contribution is -2.33. The molecule has 1 aliphatic carbocycles. The third-order valence-corrected chi connectivity index (χ3v) is 4.07. The van der Waals surface area contributed by atoms with Crippen LogP contribution in [0.25, 0.3) is 0 Å². The van der Waals surface area contributed by atoms with Crippen LogP contribution in [-0.4, -0.2) is 37.1 Å². The average molecular weight is 196 g/mol. The zero-order chi connectivity index (χ0) is 10.0. The van der Waals surface area contributed by atoms with E-state index < -0.39 is 0 Å². The lowest BCUT2D eigenvalue weighted by molar-refractivity contribution is 0.227. The fourth-order valence-corrected chi connectivity index (χ4v) is 2.49. The van der Waals surface area contributed by atoms with E-state index in [9.17, 15) is 0 Å². The number of hydrogen-bond acceptors (Lipinski definition) is 2. The maximum absolute atomic E-state index is 3.56. The maximum atomic E-state index is 3.56. The van der Waals surface area contributed by atoms with Gasteiger partial charge in [0.2, 0.25) is 0 Å². The second-order valence-corrected chi connectivity index (χ2v) is 5.27. The Morgan fingerprint density at radius 3 is 2.79 bits per heavy atom. The number of rotatable bonds is 3. The molecule has 0 radical (unpaired) electrons. The van der Waals surface area contributed by atoms with Gasteiger partial charge >= 0.3 is 0 Å². The van der Waals surface area contributed by atoms with Gasteiger partial charge in [-0.3, -0.25) is 0 Å². The van der Waals surface area contributed by atoms with Crippen molar-refractivity contribution in [1.29, 1.82) is 0 Å². The van der Waals surface area contributed by atoms with Crippen molar-refractivity contribution in [3.8, 4) is 0 Å². The first kappa shape index (κ1) is 10.4. The summed E-state index contributed by atoms with van der Waals surface area (Å²) in [5, 5.41) is 3.56. The summed E-state index contributed by atoms with van der Waals surface area (Å²) in [4.78, 5) is 2.67. The minimum Gasteiger partial charge on any atom is -0.313 e. The molecule has 82 valence electrons. The molecule has 1 N–H and O–H groups in total. The quantitative estimate of drug-likeness (QED) is 0.741. The first-order chi connectivity index (χ1) is 6.74. The monoisotopic (exact) mass is 196 g/mol. The molecule has 0 spiro atoms. The van der Waals surface area contributed by atoms with Crippen LogP contribution in [0, 0.1) is 5.41 Å². The van der Waals surface area contributed by atoms with Crippen molar-refractivity contribution in [3.63, 3.8) is 0 Å². The molecule has 1 heterocycles. The van der Waals surface area contributed by atoms with Crippen LogP contribution < -0.4 is 5.32 Å². The van der Waals surface area contributed by atoms with Gasteiger partial charge in [-0.2, -0.15) is 0 Å². The summed E-state index contributed by atoms with van der Waals surface area (Å²) in [6.45, 7) is 9.75. The van der Waals surface area contributed by atoms with Crippen LogP contribution in [0.2, 0.25) is 0 Å². The van der Waals surface area contributed by atoms with E-state index in [0.29, 0.717) is 0 Å². The van der Waals surface area contributed by atoms with Crippen molar-refractivity contribution in [3.05, 3.63) is 0 Å². The van der Waals surface area contributed by atoms with Crippen LogP contribution in [0.4, 0.5) is 0 Å². The molecule has 1 aliphatic heterocycles. The van der Waals surface area contributed by atoms with Crippen LogP contribution in [-0.2, 0) is 0 Å². The highest BCUT2D eigenvalue weighted by Gasteiger charge is 2.41. The largest absolute Gasteiger partial charge is 0.313 e. The third kappa shape index (κ3) is 2.48. The van der Waals surface area contributed by atoms with Gasteiger partial charge in [-0.1, -0.05) is 6.92 Å². The van der Waals surface area contributed by atoms with E-state index >= 15 is 0 Å². The molecule has 1 unspecified atom stereocenters.